The second-order valence-corrected chi connectivity index (χ2v) is 4.75. The third-order valence-electron chi connectivity index (χ3n) is 4.07. The average Bonchev–Trinajstić information content (AvgIpc) is 2.85. The number of rotatable bonds is 1. The van der Waals surface area contributed by atoms with E-state index in [1.165, 1.54) is 55.3 Å². The van der Waals surface area contributed by atoms with Crippen LogP contribution in [0, 0.1) is 6.92 Å². The number of nitrogens with zero attached hydrogens (tertiary/aromatic N) is 1. The van der Waals surface area contributed by atoms with Crippen molar-refractivity contribution in [2.45, 2.75) is 45.4 Å². The molecule has 0 aliphatic heterocycles. The molecule has 1 aromatic carbocycles. The summed E-state index contributed by atoms with van der Waals surface area (Å²) < 4.78 is 0. The Balaban J connectivity index is 2.35. The van der Waals surface area contributed by atoms with Crippen LogP contribution >= 0.6 is 0 Å². The molecular weight excluding hydrogens is 182 g/mol. The van der Waals surface area contributed by atoms with Gasteiger partial charge in [-0.25, -0.2) is 0 Å². The minimum atomic E-state index is 1.22. The Kier molecular flexibility index (Phi) is 1.95. The lowest BCUT2D eigenvalue weighted by Crippen LogP contribution is -1.97. The van der Waals surface area contributed by atoms with Gasteiger partial charge in [0.25, 0.3) is 0 Å². The first-order valence-corrected chi connectivity index (χ1v) is 5.95. The molecule has 0 bridgehead atoms. The van der Waals surface area contributed by atoms with Crippen molar-refractivity contribution in [1.29, 1.82) is 0 Å². The van der Waals surface area contributed by atoms with Crippen LogP contribution in [0.2, 0.25) is 0 Å². The smallest absolute Gasteiger partial charge is 0.0691 e. The van der Waals surface area contributed by atoms with Crippen LogP contribution in [0.15, 0.2) is 4.99 Å². The van der Waals surface area contributed by atoms with Crippen LogP contribution in [0.3, 0.4) is 0 Å². The van der Waals surface area contributed by atoms with Crippen LogP contribution in [0.4, 0.5) is 5.69 Å². The highest BCUT2D eigenvalue weighted by atomic mass is 14.7. The molecule has 0 amide bonds. The van der Waals surface area contributed by atoms with E-state index in [1.807, 2.05) is 0 Å². The maximum absolute atomic E-state index is 4.30. The van der Waals surface area contributed by atoms with Crippen molar-refractivity contribution in [3.8, 4) is 0 Å². The molecule has 15 heavy (non-hydrogen) atoms. The highest BCUT2D eigenvalue weighted by molar-refractivity contribution is 5.67. The predicted octanol–water partition coefficient (Wildman–Crippen LogP) is 3.30. The van der Waals surface area contributed by atoms with Crippen molar-refractivity contribution < 1.29 is 0 Å². The van der Waals surface area contributed by atoms with Gasteiger partial charge in [0.15, 0.2) is 0 Å². The Morgan fingerprint density at radius 1 is 0.867 bits per heavy atom. The molecule has 0 fully saturated rings. The number of benzene rings is 1. The van der Waals surface area contributed by atoms with Gasteiger partial charge in [-0.05, 0) is 80.0 Å². The molecule has 0 saturated heterocycles. The summed E-state index contributed by atoms with van der Waals surface area (Å²) in [5, 5.41) is 0. The summed E-state index contributed by atoms with van der Waals surface area (Å²) in [7, 11) is 0. The molecule has 0 aromatic heterocycles. The van der Waals surface area contributed by atoms with E-state index in [2.05, 4.69) is 18.6 Å². The largest absolute Gasteiger partial charge is 0.264 e. The Morgan fingerprint density at radius 2 is 1.33 bits per heavy atom. The molecule has 2 aliphatic carbocycles. The normalized spacial score (nSPS) is 17.7. The summed E-state index contributed by atoms with van der Waals surface area (Å²) in [5.74, 6) is 0. The fourth-order valence-electron chi connectivity index (χ4n) is 3.39. The lowest BCUT2D eigenvalue weighted by Gasteiger charge is -2.14. The molecule has 0 atom stereocenters. The number of aliphatic imine (C=N–C) groups is 1. The lowest BCUT2D eigenvalue weighted by atomic mass is 9.93. The number of fused-ring (bicyclic) bond motifs is 2. The third kappa shape index (κ3) is 1.12. The molecule has 0 radical (unpaired) electrons. The standard InChI is InChI=1S/C14H17N/c1-9-10-5-3-7-12(10)14(15-2)13-8-4-6-11(9)13/h2-8H2,1H3. The molecular formula is C14H17N. The van der Waals surface area contributed by atoms with Crippen LogP contribution in [0.1, 0.15) is 40.7 Å². The van der Waals surface area contributed by atoms with Crippen molar-refractivity contribution in [1.82, 2.24) is 0 Å². The minimum Gasteiger partial charge on any atom is -0.264 e. The maximum Gasteiger partial charge on any atom is 0.0691 e. The number of hydrogen-bond donors (Lipinski definition) is 0. The summed E-state index contributed by atoms with van der Waals surface area (Å²) in [6, 6.07) is 0. The maximum atomic E-state index is 4.30. The highest BCUT2D eigenvalue weighted by Gasteiger charge is 2.26. The van der Waals surface area contributed by atoms with E-state index in [-0.39, 0.29) is 0 Å². The summed E-state index contributed by atoms with van der Waals surface area (Å²) >= 11 is 0. The highest BCUT2D eigenvalue weighted by Crippen LogP contribution is 2.42. The van der Waals surface area contributed by atoms with Crippen LogP contribution < -0.4 is 0 Å². The lowest BCUT2D eigenvalue weighted by molar-refractivity contribution is 0.893. The first-order valence-electron chi connectivity index (χ1n) is 5.95. The zero-order valence-electron chi connectivity index (χ0n) is 9.40. The van der Waals surface area contributed by atoms with Gasteiger partial charge in [0.05, 0.1) is 5.69 Å². The SMILES string of the molecule is C=Nc1c2c(c(C)c3c1CCC3)CCC2. The van der Waals surface area contributed by atoms with Crippen molar-refractivity contribution in [2.24, 2.45) is 4.99 Å². The molecule has 0 spiro atoms. The van der Waals surface area contributed by atoms with Gasteiger partial charge in [-0.3, -0.25) is 4.99 Å². The Labute approximate surface area is 91.2 Å². The van der Waals surface area contributed by atoms with E-state index in [4.69, 9.17) is 0 Å². The molecule has 0 N–H and O–H groups in total. The first-order chi connectivity index (χ1) is 7.33. The Bertz CT molecular complexity index is 408. The van der Waals surface area contributed by atoms with E-state index in [9.17, 15) is 0 Å². The quantitative estimate of drug-likeness (QED) is 0.615. The molecule has 78 valence electrons. The van der Waals surface area contributed by atoms with Gasteiger partial charge in [-0.1, -0.05) is 0 Å². The molecule has 2 aliphatic rings. The van der Waals surface area contributed by atoms with E-state index in [0.29, 0.717) is 0 Å². The van der Waals surface area contributed by atoms with Gasteiger partial charge < -0.3 is 0 Å². The van der Waals surface area contributed by atoms with Gasteiger partial charge >= 0.3 is 0 Å². The molecule has 1 aromatic rings. The van der Waals surface area contributed by atoms with Crippen molar-refractivity contribution in [3.05, 3.63) is 27.8 Å². The Hall–Kier alpha value is -1.11. The van der Waals surface area contributed by atoms with Crippen LogP contribution in [0.25, 0.3) is 0 Å². The van der Waals surface area contributed by atoms with Crippen LogP contribution in [-0.2, 0) is 25.7 Å². The molecule has 3 rings (SSSR count). The van der Waals surface area contributed by atoms with Gasteiger partial charge in [-0.2, -0.15) is 0 Å². The van der Waals surface area contributed by atoms with Crippen LogP contribution in [-0.4, -0.2) is 6.72 Å². The van der Waals surface area contributed by atoms with Gasteiger partial charge in [0.1, 0.15) is 0 Å². The van der Waals surface area contributed by atoms with Gasteiger partial charge in [-0.15, -0.1) is 0 Å². The van der Waals surface area contributed by atoms with Gasteiger partial charge in [0, 0.05) is 0 Å². The fraction of sp³-hybridized carbons (Fsp3) is 0.500. The molecule has 1 nitrogen and oxygen atoms in total. The monoisotopic (exact) mass is 199 g/mol. The summed E-state index contributed by atoms with van der Waals surface area (Å²) in [4.78, 5) is 4.30. The third-order valence-corrected chi connectivity index (χ3v) is 4.07. The average molecular weight is 199 g/mol. The Morgan fingerprint density at radius 3 is 1.80 bits per heavy atom. The summed E-state index contributed by atoms with van der Waals surface area (Å²) in [6.45, 7) is 6.07. The van der Waals surface area contributed by atoms with E-state index >= 15 is 0 Å². The van der Waals surface area contributed by atoms with E-state index in [1.54, 1.807) is 16.7 Å². The minimum absolute atomic E-state index is 1.22. The zero-order chi connectivity index (χ0) is 10.4. The first kappa shape index (κ1) is 9.14. The predicted molar refractivity (Wildman–Crippen MR) is 64.4 cm³/mol. The van der Waals surface area contributed by atoms with Gasteiger partial charge in [0.2, 0.25) is 0 Å². The second-order valence-electron chi connectivity index (χ2n) is 4.75. The van der Waals surface area contributed by atoms with E-state index < -0.39 is 0 Å². The van der Waals surface area contributed by atoms with Crippen molar-refractivity contribution in [3.63, 3.8) is 0 Å². The topological polar surface area (TPSA) is 12.4 Å². The van der Waals surface area contributed by atoms with Crippen molar-refractivity contribution in [2.75, 3.05) is 0 Å². The van der Waals surface area contributed by atoms with E-state index in [0.717, 1.165) is 0 Å². The number of hydrogen-bond acceptors (Lipinski definition) is 1. The second kappa shape index (κ2) is 3.19. The molecule has 0 heterocycles. The zero-order valence-corrected chi connectivity index (χ0v) is 9.40. The fourth-order valence-corrected chi connectivity index (χ4v) is 3.39. The van der Waals surface area contributed by atoms with Crippen LogP contribution in [0.5, 0.6) is 0 Å². The molecule has 0 saturated carbocycles. The van der Waals surface area contributed by atoms with Crippen molar-refractivity contribution >= 4 is 12.4 Å². The molecule has 1 heteroatoms. The summed E-state index contributed by atoms with van der Waals surface area (Å²) in [6.07, 6.45) is 7.58. The summed E-state index contributed by atoms with van der Waals surface area (Å²) in [5.41, 5.74) is 9.05. The molecule has 0 unspecified atom stereocenters.